The van der Waals surface area contributed by atoms with Crippen molar-refractivity contribution in [1.82, 2.24) is 0 Å². The van der Waals surface area contributed by atoms with Gasteiger partial charge in [-0.2, -0.15) is 0 Å². The zero-order chi connectivity index (χ0) is 11.9. The van der Waals surface area contributed by atoms with Crippen LogP contribution in [0.25, 0.3) is 0 Å². The van der Waals surface area contributed by atoms with Crippen LogP contribution in [0.1, 0.15) is 46.5 Å². The molecule has 0 fully saturated rings. The highest BCUT2D eigenvalue weighted by molar-refractivity contribution is 5.10. The van der Waals surface area contributed by atoms with Crippen molar-refractivity contribution >= 4 is 0 Å². The van der Waals surface area contributed by atoms with Crippen LogP contribution in [0.2, 0.25) is 0 Å². The molecule has 0 amide bonds. The monoisotopic (exact) mass is 206 g/mol. The summed E-state index contributed by atoms with van der Waals surface area (Å²) in [5.41, 5.74) is 1.14. The van der Waals surface area contributed by atoms with Gasteiger partial charge in [-0.15, -0.1) is 0 Å². The van der Waals surface area contributed by atoms with Gasteiger partial charge in [0.2, 0.25) is 0 Å². The molecule has 0 N–H and O–H groups in total. The number of allylic oxidation sites excluding steroid dienone is 6. The third kappa shape index (κ3) is 24.6. The highest BCUT2D eigenvalue weighted by Crippen LogP contribution is 1.97. The fraction of sp³-hybridized carbons (Fsp3) is 0.467. The van der Waals surface area contributed by atoms with Crippen molar-refractivity contribution in [2.24, 2.45) is 0 Å². The molecular formula is C15H26. The van der Waals surface area contributed by atoms with Crippen LogP contribution in [0.4, 0.5) is 0 Å². The molecule has 0 saturated carbocycles. The van der Waals surface area contributed by atoms with Gasteiger partial charge in [-0.25, -0.2) is 0 Å². The zero-order valence-corrected chi connectivity index (χ0v) is 10.6. The predicted octanol–water partition coefficient (Wildman–Crippen LogP) is 5.45. The zero-order valence-electron chi connectivity index (χ0n) is 10.6. The average molecular weight is 206 g/mol. The highest BCUT2D eigenvalue weighted by atomic mass is 13.8. The Morgan fingerprint density at radius 3 is 2.20 bits per heavy atom. The van der Waals surface area contributed by atoms with Crippen molar-refractivity contribution < 1.29 is 0 Å². The smallest absolute Gasteiger partial charge is 0.0348 e. The van der Waals surface area contributed by atoms with E-state index in [9.17, 15) is 0 Å². The molecule has 0 bridgehead atoms. The molecule has 0 spiro atoms. The molecule has 86 valence electrons. The quantitative estimate of drug-likeness (QED) is 0.400. The first-order valence-corrected chi connectivity index (χ1v) is 5.78. The molecule has 0 aliphatic heterocycles. The molecule has 0 atom stereocenters. The first-order chi connectivity index (χ1) is 7.18. The van der Waals surface area contributed by atoms with Gasteiger partial charge in [0.1, 0.15) is 0 Å². The molecule has 0 aliphatic rings. The molecule has 0 radical (unpaired) electrons. The Balaban J connectivity index is 0. The fourth-order valence-electron chi connectivity index (χ4n) is 0.839. The van der Waals surface area contributed by atoms with Gasteiger partial charge in [0, 0.05) is 0 Å². The first kappa shape index (κ1) is 16.4. The molecule has 0 heteroatoms. The maximum atomic E-state index is 3.77. The molecule has 15 heavy (non-hydrogen) atoms. The summed E-state index contributed by atoms with van der Waals surface area (Å²) in [6.45, 7) is 13.6. The molecule has 0 unspecified atom stereocenters. The molecule has 0 aromatic carbocycles. The van der Waals surface area contributed by atoms with Gasteiger partial charge in [0.25, 0.3) is 0 Å². The number of hydrogen-bond acceptors (Lipinski definition) is 0. The summed E-state index contributed by atoms with van der Waals surface area (Å²) in [6, 6.07) is 0. The Hall–Kier alpha value is -1.04. The van der Waals surface area contributed by atoms with Crippen molar-refractivity contribution in [3.05, 3.63) is 49.1 Å². The van der Waals surface area contributed by atoms with Crippen LogP contribution in [0, 0.1) is 0 Å². The Morgan fingerprint density at radius 1 is 1.20 bits per heavy atom. The number of unbranched alkanes of at least 4 members (excludes halogenated alkanes) is 2. The van der Waals surface area contributed by atoms with Crippen LogP contribution in [0.5, 0.6) is 0 Å². The minimum Gasteiger partial charge on any atom is -0.0991 e. The van der Waals surface area contributed by atoms with E-state index in [1.807, 2.05) is 13.0 Å². The molecule has 0 aromatic rings. The lowest BCUT2D eigenvalue weighted by molar-refractivity contribution is 0.814. The summed E-state index contributed by atoms with van der Waals surface area (Å²) in [7, 11) is 0. The van der Waals surface area contributed by atoms with E-state index in [2.05, 4.69) is 45.2 Å². The van der Waals surface area contributed by atoms with Crippen molar-refractivity contribution in [3.8, 4) is 0 Å². The topological polar surface area (TPSA) is 0 Å². The van der Waals surface area contributed by atoms with E-state index in [-0.39, 0.29) is 0 Å². The second-order valence-corrected chi connectivity index (χ2v) is 3.46. The lowest BCUT2D eigenvalue weighted by Gasteiger charge is -1.87. The third-order valence-electron chi connectivity index (χ3n) is 1.63. The summed E-state index contributed by atoms with van der Waals surface area (Å²) in [6.07, 6.45) is 14.9. The molecule has 0 saturated heterocycles. The van der Waals surface area contributed by atoms with E-state index < -0.39 is 0 Å². The SMILES string of the molecule is C=C(C)C=CCCCC.C=CC=CCC. The second kappa shape index (κ2) is 15.4. The maximum absolute atomic E-state index is 3.77. The van der Waals surface area contributed by atoms with Crippen molar-refractivity contribution in [2.75, 3.05) is 0 Å². The third-order valence-corrected chi connectivity index (χ3v) is 1.63. The van der Waals surface area contributed by atoms with E-state index in [1.54, 1.807) is 6.08 Å². The van der Waals surface area contributed by atoms with Crippen LogP contribution in [0.3, 0.4) is 0 Å². The summed E-state index contributed by atoms with van der Waals surface area (Å²) in [4.78, 5) is 0. The Bertz CT molecular complexity index is 194. The average Bonchev–Trinajstić information content (AvgIpc) is 2.22. The van der Waals surface area contributed by atoms with E-state index in [1.165, 1.54) is 19.3 Å². The van der Waals surface area contributed by atoms with Crippen molar-refractivity contribution in [1.29, 1.82) is 0 Å². The molecular weight excluding hydrogens is 180 g/mol. The number of hydrogen-bond donors (Lipinski definition) is 0. The predicted molar refractivity (Wildman–Crippen MR) is 73.1 cm³/mol. The van der Waals surface area contributed by atoms with Gasteiger partial charge in [0.05, 0.1) is 0 Å². The molecule has 0 heterocycles. The Labute approximate surface area is 96.1 Å². The van der Waals surface area contributed by atoms with Crippen LogP contribution in [-0.2, 0) is 0 Å². The van der Waals surface area contributed by atoms with Crippen LogP contribution in [0.15, 0.2) is 49.1 Å². The van der Waals surface area contributed by atoms with Crippen LogP contribution in [-0.4, -0.2) is 0 Å². The molecule has 0 aromatic heterocycles. The van der Waals surface area contributed by atoms with E-state index in [0.29, 0.717) is 0 Å². The van der Waals surface area contributed by atoms with E-state index in [0.717, 1.165) is 12.0 Å². The van der Waals surface area contributed by atoms with E-state index >= 15 is 0 Å². The normalized spacial score (nSPS) is 10.1. The Morgan fingerprint density at radius 2 is 1.87 bits per heavy atom. The van der Waals surface area contributed by atoms with Crippen LogP contribution < -0.4 is 0 Å². The van der Waals surface area contributed by atoms with E-state index in [4.69, 9.17) is 0 Å². The van der Waals surface area contributed by atoms with Gasteiger partial charge in [0.15, 0.2) is 0 Å². The minimum atomic E-state index is 1.10. The van der Waals surface area contributed by atoms with Gasteiger partial charge in [-0.3, -0.25) is 0 Å². The lowest BCUT2D eigenvalue weighted by Crippen LogP contribution is -1.67. The molecule has 0 nitrogen and oxygen atoms in total. The Kier molecular flexibility index (Phi) is 16.9. The largest absolute Gasteiger partial charge is 0.0991 e. The standard InChI is InChI=1S/C9H16.C6H10/c1-4-5-6-7-8-9(2)3;1-3-5-6-4-2/h7-8H,2,4-6H2,1,3H3;3,5-6H,1,4H2,2H3. The number of rotatable bonds is 6. The van der Waals surface area contributed by atoms with Crippen LogP contribution >= 0.6 is 0 Å². The summed E-state index contributed by atoms with van der Waals surface area (Å²) in [5.74, 6) is 0. The summed E-state index contributed by atoms with van der Waals surface area (Å²) >= 11 is 0. The van der Waals surface area contributed by atoms with Gasteiger partial charge < -0.3 is 0 Å². The fourth-order valence-corrected chi connectivity index (χ4v) is 0.839. The van der Waals surface area contributed by atoms with Crippen molar-refractivity contribution in [3.63, 3.8) is 0 Å². The first-order valence-electron chi connectivity index (χ1n) is 5.78. The summed E-state index contributed by atoms with van der Waals surface area (Å²) in [5, 5.41) is 0. The maximum Gasteiger partial charge on any atom is -0.0348 e. The summed E-state index contributed by atoms with van der Waals surface area (Å²) < 4.78 is 0. The van der Waals surface area contributed by atoms with Gasteiger partial charge in [-0.05, 0) is 19.8 Å². The minimum absolute atomic E-state index is 1.10. The molecule has 0 rings (SSSR count). The van der Waals surface area contributed by atoms with Gasteiger partial charge in [-0.1, -0.05) is 75.8 Å². The lowest BCUT2D eigenvalue weighted by atomic mass is 10.2. The van der Waals surface area contributed by atoms with Crippen molar-refractivity contribution in [2.45, 2.75) is 46.5 Å². The highest BCUT2D eigenvalue weighted by Gasteiger charge is 1.76. The molecule has 0 aliphatic carbocycles. The van der Waals surface area contributed by atoms with Gasteiger partial charge >= 0.3 is 0 Å². The second-order valence-electron chi connectivity index (χ2n) is 3.46.